The molecular formula is C24H18FN3O2. The first-order chi connectivity index (χ1) is 14.7. The molecule has 0 unspecified atom stereocenters. The van der Waals surface area contributed by atoms with E-state index in [1.54, 1.807) is 12.3 Å². The first kappa shape index (κ1) is 19.1. The van der Waals surface area contributed by atoms with Crippen molar-refractivity contribution in [1.29, 1.82) is 0 Å². The van der Waals surface area contributed by atoms with E-state index < -0.39 is 0 Å². The van der Waals surface area contributed by atoms with Gasteiger partial charge in [-0.3, -0.25) is 9.78 Å². The maximum absolute atomic E-state index is 13.0. The highest BCUT2D eigenvalue weighted by Gasteiger charge is 2.10. The standard InChI is InChI=1S/C24H18FN3O2/c25-18-10-12-19(13-11-18)28-24(29)17-14-20(16-26-15-17)27-22-8-4-5-9-23(22)30-21-6-2-1-3-7-21/h1-16,27H,(H,28,29). The molecule has 0 saturated heterocycles. The Morgan fingerprint density at radius 2 is 1.57 bits per heavy atom. The first-order valence-electron chi connectivity index (χ1n) is 9.28. The molecule has 0 atom stereocenters. The van der Waals surface area contributed by atoms with Crippen molar-refractivity contribution in [2.45, 2.75) is 0 Å². The number of aromatic nitrogens is 1. The molecular weight excluding hydrogens is 381 g/mol. The zero-order valence-corrected chi connectivity index (χ0v) is 15.9. The second kappa shape index (κ2) is 8.87. The van der Waals surface area contributed by atoms with Crippen molar-refractivity contribution in [3.8, 4) is 11.5 Å². The quantitative estimate of drug-likeness (QED) is 0.417. The van der Waals surface area contributed by atoms with Crippen LogP contribution in [0.25, 0.3) is 0 Å². The van der Waals surface area contributed by atoms with Gasteiger partial charge in [-0.2, -0.15) is 0 Å². The van der Waals surface area contributed by atoms with Gasteiger partial charge in [0.05, 0.1) is 23.1 Å². The van der Waals surface area contributed by atoms with Gasteiger partial charge in [0.15, 0.2) is 5.75 Å². The highest BCUT2D eigenvalue weighted by atomic mass is 19.1. The fourth-order valence-electron chi connectivity index (χ4n) is 2.80. The van der Waals surface area contributed by atoms with Gasteiger partial charge in [0.1, 0.15) is 11.6 Å². The third-order valence-electron chi connectivity index (χ3n) is 4.24. The molecule has 4 rings (SSSR count). The van der Waals surface area contributed by atoms with E-state index in [4.69, 9.17) is 4.74 Å². The Morgan fingerprint density at radius 1 is 0.833 bits per heavy atom. The SMILES string of the molecule is O=C(Nc1ccc(F)cc1)c1cncc(Nc2ccccc2Oc2ccccc2)c1. The number of carbonyl (C=O) groups is 1. The van der Waals surface area contributed by atoms with Crippen LogP contribution in [0.3, 0.4) is 0 Å². The van der Waals surface area contributed by atoms with E-state index in [0.717, 1.165) is 11.4 Å². The predicted molar refractivity (Wildman–Crippen MR) is 115 cm³/mol. The van der Waals surface area contributed by atoms with Gasteiger partial charge in [-0.25, -0.2) is 4.39 Å². The molecule has 6 heteroatoms. The maximum atomic E-state index is 13.0. The normalized spacial score (nSPS) is 10.3. The Bertz CT molecular complexity index is 1150. The van der Waals surface area contributed by atoms with Crippen molar-refractivity contribution in [3.63, 3.8) is 0 Å². The van der Waals surface area contributed by atoms with E-state index in [2.05, 4.69) is 15.6 Å². The molecule has 0 fully saturated rings. The molecule has 0 radical (unpaired) electrons. The van der Waals surface area contributed by atoms with Crippen LogP contribution in [0.15, 0.2) is 97.3 Å². The Kier molecular flexibility index (Phi) is 5.66. The smallest absolute Gasteiger partial charge is 0.257 e. The average Bonchev–Trinajstić information content (AvgIpc) is 2.78. The van der Waals surface area contributed by atoms with Gasteiger partial charge < -0.3 is 15.4 Å². The number of benzene rings is 3. The zero-order chi connectivity index (χ0) is 20.8. The second-order valence-electron chi connectivity index (χ2n) is 6.46. The van der Waals surface area contributed by atoms with Crippen LogP contribution in [0.5, 0.6) is 11.5 Å². The number of carbonyl (C=O) groups excluding carboxylic acids is 1. The second-order valence-corrected chi connectivity index (χ2v) is 6.46. The summed E-state index contributed by atoms with van der Waals surface area (Å²) in [6, 6.07) is 24.2. The third kappa shape index (κ3) is 4.80. The Hall–Kier alpha value is -4.19. The molecule has 0 aliphatic rings. The zero-order valence-electron chi connectivity index (χ0n) is 15.9. The van der Waals surface area contributed by atoms with E-state index >= 15 is 0 Å². The van der Waals surface area contributed by atoms with Gasteiger partial charge in [-0.05, 0) is 54.6 Å². The summed E-state index contributed by atoms with van der Waals surface area (Å²) in [5.41, 5.74) is 2.23. The van der Waals surface area contributed by atoms with Crippen LogP contribution in [-0.2, 0) is 0 Å². The van der Waals surface area contributed by atoms with Gasteiger partial charge >= 0.3 is 0 Å². The minimum absolute atomic E-state index is 0.341. The highest BCUT2D eigenvalue weighted by molar-refractivity contribution is 6.04. The molecule has 4 aromatic rings. The lowest BCUT2D eigenvalue weighted by molar-refractivity contribution is 0.102. The number of pyridine rings is 1. The van der Waals surface area contributed by atoms with Crippen LogP contribution in [0.4, 0.5) is 21.5 Å². The van der Waals surface area contributed by atoms with E-state index in [0.29, 0.717) is 22.7 Å². The predicted octanol–water partition coefficient (Wildman–Crippen LogP) is 6.01. The number of para-hydroxylation sites is 3. The van der Waals surface area contributed by atoms with Gasteiger partial charge in [-0.1, -0.05) is 30.3 Å². The van der Waals surface area contributed by atoms with Gasteiger partial charge in [0, 0.05) is 11.9 Å². The van der Waals surface area contributed by atoms with Crippen molar-refractivity contribution in [1.82, 2.24) is 4.98 Å². The summed E-state index contributed by atoms with van der Waals surface area (Å²) in [6.07, 6.45) is 3.09. The molecule has 3 aromatic carbocycles. The fourth-order valence-corrected chi connectivity index (χ4v) is 2.80. The topological polar surface area (TPSA) is 63.2 Å². The Balaban J connectivity index is 1.51. The molecule has 1 heterocycles. The van der Waals surface area contributed by atoms with Gasteiger partial charge in [0.25, 0.3) is 5.91 Å². The van der Waals surface area contributed by atoms with Crippen LogP contribution in [-0.4, -0.2) is 10.9 Å². The first-order valence-corrected chi connectivity index (χ1v) is 9.28. The third-order valence-corrected chi connectivity index (χ3v) is 4.24. The number of anilines is 3. The highest BCUT2D eigenvalue weighted by Crippen LogP contribution is 2.31. The molecule has 2 N–H and O–H groups in total. The lowest BCUT2D eigenvalue weighted by Gasteiger charge is -2.13. The van der Waals surface area contributed by atoms with Crippen molar-refractivity contribution in [2.75, 3.05) is 10.6 Å². The molecule has 0 aliphatic carbocycles. The molecule has 1 aromatic heterocycles. The maximum Gasteiger partial charge on any atom is 0.257 e. The molecule has 148 valence electrons. The number of nitrogens with zero attached hydrogens (tertiary/aromatic N) is 1. The monoisotopic (exact) mass is 399 g/mol. The number of hydrogen-bond donors (Lipinski definition) is 2. The number of hydrogen-bond acceptors (Lipinski definition) is 4. The summed E-state index contributed by atoms with van der Waals surface area (Å²) in [7, 11) is 0. The summed E-state index contributed by atoms with van der Waals surface area (Å²) >= 11 is 0. The summed E-state index contributed by atoms with van der Waals surface area (Å²) in [6.45, 7) is 0. The molecule has 0 aliphatic heterocycles. The van der Waals surface area contributed by atoms with Crippen molar-refractivity contribution in [3.05, 3.63) is 109 Å². The van der Waals surface area contributed by atoms with Crippen molar-refractivity contribution >= 4 is 23.0 Å². The lowest BCUT2D eigenvalue weighted by atomic mass is 10.2. The van der Waals surface area contributed by atoms with Crippen LogP contribution in [0.2, 0.25) is 0 Å². The number of rotatable bonds is 6. The summed E-state index contributed by atoms with van der Waals surface area (Å²) in [4.78, 5) is 16.7. The fraction of sp³-hybridized carbons (Fsp3) is 0. The number of halogens is 1. The molecule has 0 spiro atoms. The number of amides is 1. The van der Waals surface area contributed by atoms with E-state index in [1.165, 1.54) is 30.5 Å². The lowest BCUT2D eigenvalue weighted by Crippen LogP contribution is -2.12. The van der Waals surface area contributed by atoms with Crippen LogP contribution in [0, 0.1) is 5.82 Å². The van der Waals surface area contributed by atoms with Crippen LogP contribution in [0.1, 0.15) is 10.4 Å². The molecule has 30 heavy (non-hydrogen) atoms. The Morgan fingerprint density at radius 3 is 2.37 bits per heavy atom. The van der Waals surface area contributed by atoms with Gasteiger partial charge in [0.2, 0.25) is 0 Å². The largest absolute Gasteiger partial charge is 0.455 e. The van der Waals surface area contributed by atoms with Crippen LogP contribution >= 0.6 is 0 Å². The molecule has 0 saturated carbocycles. The minimum atomic E-state index is -0.364. The number of ether oxygens (including phenoxy) is 1. The summed E-state index contributed by atoms with van der Waals surface area (Å²) < 4.78 is 19.0. The Labute approximate surface area is 173 Å². The van der Waals surface area contributed by atoms with Crippen molar-refractivity contribution in [2.24, 2.45) is 0 Å². The van der Waals surface area contributed by atoms with E-state index in [9.17, 15) is 9.18 Å². The minimum Gasteiger partial charge on any atom is -0.455 e. The van der Waals surface area contributed by atoms with Crippen molar-refractivity contribution < 1.29 is 13.9 Å². The van der Waals surface area contributed by atoms with Gasteiger partial charge in [-0.15, -0.1) is 0 Å². The van der Waals surface area contributed by atoms with E-state index in [1.807, 2.05) is 54.6 Å². The molecule has 1 amide bonds. The average molecular weight is 399 g/mol. The molecule has 0 bridgehead atoms. The molecule has 5 nitrogen and oxygen atoms in total. The van der Waals surface area contributed by atoms with E-state index in [-0.39, 0.29) is 11.7 Å². The van der Waals surface area contributed by atoms with Crippen LogP contribution < -0.4 is 15.4 Å². The summed E-state index contributed by atoms with van der Waals surface area (Å²) in [5, 5.41) is 5.96. The number of nitrogens with one attached hydrogen (secondary N) is 2. The summed E-state index contributed by atoms with van der Waals surface area (Å²) in [5.74, 6) is 0.658.